The number of allylic oxidation sites excluding steroid dienone is 3. The molecule has 214 valence electrons. The SMILES string of the molecule is CCn1c2c3c(cc(CN4CCN(C5=CC=C(C(N)=O)C(F)C5(F)C5(CC#N)CC5)CC4)c(F)c3nc1=O)NC=N2. The van der Waals surface area contributed by atoms with Crippen LogP contribution in [0.25, 0.3) is 10.9 Å². The molecule has 2 aliphatic carbocycles. The lowest BCUT2D eigenvalue weighted by Crippen LogP contribution is -2.57. The molecule has 10 nitrogen and oxygen atoms in total. The number of alkyl halides is 2. The minimum absolute atomic E-state index is 0.0435. The fourth-order valence-electron chi connectivity index (χ4n) is 6.38. The zero-order chi connectivity index (χ0) is 29.1. The molecule has 13 heteroatoms. The van der Waals surface area contributed by atoms with E-state index in [0.29, 0.717) is 68.0 Å². The van der Waals surface area contributed by atoms with E-state index < -0.39 is 40.2 Å². The van der Waals surface area contributed by atoms with Gasteiger partial charge < -0.3 is 16.0 Å². The summed E-state index contributed by atoms with van der Waals surface area (Å²) in [4.78, 5) is 36.4. The standard InChI is InChI=1S/C28H29F3N8O2/c1-2-39-25-20-18(34-15-35-25)13-16(21(29)22(20)36-26(39)41)14-37-9-11-38(12-10-37)19-4-3-17(24(33)40)23(30)28(19,31)27(5-6-27)7-8-32/h3-4,13,15,23H,2,5-7,9-12,14H2,1H3,(H2,33,40)(H,34,35). The van der Waals surface area contributed by atoms with Crippen LogP contribution in [0.15, 0.2) is 39.3 Å². The maximum Gasteiger partial charge on any atom is 0.349 e. The summed E-state index contributed by atoms with van der Waals surface area (Å²) in [6, 6.07) is 3.67. The first kappa shape index (κ1) is 27.0. The first-order valence-electron chi connectivity index (χ1n) is 13.6. The summed E-state index contributed by atoms with van der Waals surface area (Å²) < 4.78 is 49.7. The second-order valence-electron chi connectivity index (χ2n) is 11.0. The Labute approximate surface area is 233 Å². The number of aromatic nitrogens is 2. The molecule has 2 unspecified atom stereocenters. The third-order valence-electron chi connectivity index (χ3n) is 8.81. The lowest BCUT2D eigenvalue weighted by molar-refractivity contribution is -0.116. The summed E-state index contributed by atoms with van der Waals surface area (Å²) in [5, 5.41) is 12.8. The number of nitrogens with zero attached hydrogens (tertiary/aromatic N) is 6. The van der Waals surface area contributed by atoms with E-state index >= 15 is 13.2 Å². The Morgan fingerprint density at radius 1 is 1.27 bits per heavy atom. The van der Waals surface area contributed by atoms with Gasteiger partial charge in [0.05, 0.1) is 34.8 Å². The zero-order valence-corrected chi connectivity index (χ0v) is 22.5. The predicted molar refractivity (Wildman–Crippen MR) is 146 cm³/mol. The lowest BCUT2D eigenvalue weighted by Gasteiger charge is -2.47. The van der Waals surface area contributed by atoms with Crippen LogP contribution in [-0.2, 0) is 17.9 Å². The minimum atomic E-state index is -2.56. The molecule has 4 aliphatic rings. The number of anilines is 1. The van der Waals surface area contributed by atoms with Gasteiger partial charge in [0.25, 0.3) is 0 Å². The van der Waals surface area contributed by atoms with Gasteiger partial charge in [-0.2, -0.15) is 10.2 Å². The number of nitrogens with one attached hydrogen (secondary N) is 1. The normalized spacial score (nSPS) is 24.9. The molecule has 2 aliphatic heterocycles. The lowest BCUT2D eigenvalue weighted by atomic mass is 9.72. The maximum absolute atomic E-state index is 16.9. The molecule has 41 heavy (non-hydrogen) atoms. The molecule has 2 atom stereocenters. The number of carbonyl (C=O) groups is 1. The summed E-state index contributed by atoms with van der Waals surface area (Å²) in [5.41, 5.74) is 1.56. The summed E-state index contributed by atoms with van der Waals surface area (Å²) in [5.74, 6) is -1.27. The van der Waals surface area contributed by atoms with Crippen molar-refractivity contribution in [3.8, 4) is 6.07 Å². The molecule has 6 rings (SSSR count). The Hall–Kier alpha value is -4.18. The molecule has 1 amide bonds. The molecule has 0 radical (unpaired) electrons. The van der Waals surface area contributed by atoms with Crippen molar-refractivity contribution in [2.24, 2.45) is 16.1 Å². The van der Waals surface area contributed by atoms with Crippen LogP contribution in [0.4, 0.5) is 24.7 Å². The maximum atomic E-state index is 16.9. The number of piperazine rings is 1. The average Bonchev–Trinajstić information content (AvgIpc) is 3.74. The van der Waals surface area contributed by atoms with Crippen molar-refractivity contribution in [3.05, 3.63) is 51.4 Å². The molecule has 2 aromatic rings. The van der Waals surface area contributed by atoms with Gasteiger partial charge in [0.1, 0.15) is 11.3 Å². The highest BCUT2D eigenvalue weighted by Crippen LogP contribution is 2.64. The molecule has 1 saturated heterocycles. The fourth-order valence-corrected chi connectivity index (χ4v) is 6.38. The first-order chi connectivity index (χ1) is 19.6. The van der Waals surface area contributed by atoms with Gasteiger partial charge in [-0.05, 0) is 38.0 Å². The van der Waals surface area contributed by atoms with Crippen molar-refractivity contribution in [2.75, 3.05) is 31.5 Å². The van der Waals surface area contributed by atoms with Crippen molar-refractivity contribution < 1.29 is 18.0 Å². The smallest absolute Gasteiger partial charge is 0.349 e. The molecule has 1 aromatic heterocycles. The zero-order valence-electron chi connectivity index (χ0n) is 22.5. The monoisotopic (exact) mass is 566 g/mol. The molecule has 0 bridgehead atoms. The van der Waals surface area contributed by atoms with Gasteiger partial charge in [-0.3, -0.25) is 14.3 Å². The van der Waals surface area contributed by atoms with Crippen LogP contribution in [0, 0.1) is 22.6 Å². The molecular weight excluding hydrogens is 537 g/mol. The summed E-state index contributed by atoms with van der Waals surface area (Å²) in [6.07, 6.45) is 2.33. The number of carbonyl (C=O) groups excluding carboxylic acids is 1. The molecular formula is C28H29F3N8O2. The van der Waals surface area contributed by atoms with Crippen LogP contribution in [0.3, 0.4) is 0 Å². The second-order valence-corrected chi connectivity index (χ2v) is 11.0. The largest absolute Gasteiger partial charge is 0.370 e. The quantitative estimate of drug-likeness (QED) is 0.527. The number of halogens is 3. The highest BCUT2D eigenvalue weighted by Gasteiger charge is 2.68. The van der Waals surface area contributed by atoms with Crippen LogP contribution in [-0.4, -0.2) is 69.6 Å². The van der Waals surface area contributed by atoms with Crippen molar-refractivity contribution in [1.82, 2.24) is 19.4 Å². The van der Waals surface area contributed by atoms with E-state index in [-0.39, 0.29) is 24.2 Å². The van der Waals surface area contributed by atoms with Crippen molar-refractivity contribution in [2.45, 2.75) is 51.1 Å². The van der Waals surface area contributed by atoms with Gasteiger partial charge in [0.15, 0.2) is 17.7 Å². The predicted octanol–water partition coefficient (Wildman–Crippen LogP) is 2.81. The summed E-state index contributed by atoms with van der Waals surface area (Å²) >= 11 is 0. The van der Waals surface area contributed by atoms with Crippen molar-refractivity contribution >= 4 is 34.7 Å². The van der Waals surface area contributed by atoms with Gasteiger partial charge in [-0.25, -0.2) is 23.0 Å². The van der Waals surface area contributed by atoms with Crippen LogP contribution >= 0.6 is 0 Å². The van der Waals surface area contributed by atoms with Crippen molar-refractivity contribution in [3.63, 3.8) is 0 Å². The van der Waals surface area contributed by atoms with Gasteiger partial charge >= 0.3 is 5.69 Å². The Kier molecular flexibility index (Phi) is 6.41. The van der Waals surface area contributed by atoms with Gasteiger partial charge in [-0.1, -0.05) is 0 Å². The Balaban J connectivity index is 1.25. The third kappa shape index (κ3) is 4.03. The highest BCUT2D eigenvalue weighted by atomic mass is 19.2. The first-order valence-corrected chi connectivity index (χ1v) is 13.6. The van der Waals surface area contributed by atoms with E-state index in [0.717, 1.165) is 0 Å². The van der Waals surface area contributed by atoms with Crippen LogP contribution in [0.2, 0.25) is 0 Å². The number of aliphatic imine (C=N–C) groups is 1. The average molecular weight is 567 g/mol. The fraction of sp³-hybridized carbons (Fsp3) is 0.464. The summed E-state index contributed by atoms with van der Waals surface area (Å²) in [7, 11) is 0. The highest BCUT2D eigenvalue weighted by molar-refractivity contribution is 6.06. The minimum Gasteiger partial charge on any atom is -0.370 e. The Morgan fingerprint density at radius 3 is 2.63 bits per heavy atom. The number of hydrogen-bond donors (Lipinski definition) is 2. The molecule has 1 saturated carbocycles. The third-order valence-corrected chi connectivity index (χ3v) is 8.81. The van der Waals surface area contributed by atoms with Gasteiger partial charge in [0, 0.05) is 56.7 Å². The number of primary amides is 1. The van der Waals surface area contributed by atoms with E-state index in [9.17, 15) is 14.9 Å². The van der Waals surface area contributed by atoms with Crippen molar-refractivity contribution in [1.29, 1.82) is 5.26 Å². The number of nitriles is 1. The second kappa shape index (κ2) is 9.73. The van der Waals surface area contributed by atoms with Crippen LogP contribution < -0.4 is 16.7 Å². The summed E-state index contributed by atoms with van der Waals surface area (Å²) in [6.45, 7) is 3.83. The number of hydrogen-bond acceptors (Lipinski definition) is 8. The van der Waals surface area contributed by atoms with Gasteiger partial charge in [-0.15, -0.1) is 0 Å². The molecule has 3 N–H and O–H groups in total. The molecule has 3 heterocycles. The molecule has 1 aromatic carbocycles. The number of amides is 1. The van der Waals surface area contributed by atoms with E-state index in [1.54, 1.807) is 17.9 Å². The molecule has 0 spiro atoms. The van der Waals surface area contributed by atoms with Gasteiger partial charge in [0.2, 0.25) is 5.91 Å². The van der Waals surface area contributed by atoms with E-state index in [1.807, 2.05) is 11.0 Å². The van der Waals surface area contributed by atoms with Crippen LogP contribution in [0.5, 0.6) is 0 Å². The number of benzene rings is 1. The Bertz CT molecular complexity index is 1650. The number of nitrogens with two attached hydrogens (primary N) is 1. The molecule has 2 fully saturated rings. The Morgan fingerprint density at radius 2 is 2.00 bits per heavy atom. The van der Waals surface area contributed by atoms with E-state index in [4.69, 9.17) is 5.73 Å². The van der Waals surface area contributed by atoms with E-state index in [2.05, 4.69) is 15.3 Å². The van der Waals surface area contributed by atoms with Crippen LogP contribution in [0.1, 0.15) is 31.7 Å². The number of rotatable bonds is 7. The van der Waals surface area contributed by atoms with E-state index in [1.165, 1.54) is 23.1 Å². The topological polar surface area (TPSA) is 133 Å².